The van der Waals surface area contributed by atoms with Crippen molar-refractivity contribution in [2.75, 3.05) is 14.2 Å². The molecule has 1 heterocycles. The van der Waals surface area contributed by atoms with Gasteiger partial charge in [0.15, 0.2) is 11.8 Å². The number of methoxy groups -OCH3 is 2. The van der Waals surface area contributed by atoms with E-state index in [1.807, 2.05) is 0 Å². The molecule has 0 bridgehead atoms. The summed E-state index contributed by atoms with van der Waals surface area (Å²) in [5.41, 5.74) is -0.115. The Labute approximate surface area is 79.9 Å². The Morgan fingerprint density at radius 3 is 2.64 bits per heavy atom. The number of ether oxygens (including phenoxy) is 2. The van der Waals surface area contributed by atoms with E-state index in [1.54, 1.807) is 0 Å². The molecule has 0 aliphatic heterocycles. The van der Waals surface area contributed by atoms with Gasteiger partial charge in [0.05, 0.1) is 14.2 Å². The van der Waals surface area contributed by atoms with E-state index in [4.69, 9.17) is 4.74 Å². The highest BCUT2D eigenvalue weighted by Crippen LogP contribution is 2.16. The maximum atomic E-state index is 11.2. The SMILES string of the molecule is COC(=O)c1c(C=O)ncnc1OC. The quantitative estimate of drug-likeness (QED) is 0.503. The van der Waals surface area contributed by atoms with Crippen molar-refractivity contribution < 1.29 is 19.1 Å². The van der Waals surface area contributed by atoms with E-state index in [2.05, 4.69) is 14.7 Å². The lowest BCUT2D eigenvalue weighted by Gasteiger charge is -2.05. The van der Waals surface area contributed by atoms with E-state index in [9.17, 15) is 9.59 Å². The second-order valence-corrected chi connectivity index (χ2v) is 2.25. The maximum absolute atomic E-state index is 11.2. The van der Waals surface area contributed by atoms with Crippen molar-refractivity contribution in [2.24, 2.45) is 0 Å². The highest BCUT2D eigenvalue weighted by Gasteiger charge is 2.19. The number of esters is 1. The summed E-state index contributed by atoms with van der Waals surface area (Å²) < 4.78 is 9.26. The molecule has 0 radical (unpaired) electrons. The molecular formula is C8H8N2O4. The van der Waals surface area contributed by atoms with E-state index < -0.39 is 5.97 Å². The molecule has 0 N–H and O–H groups in total. The monoisotopic (exact) mass is 196 g/mol. The van der Waals surface area contributed by atoms with Gasteiger partial charge >= 0.3 is 5.97 Å². The van der Waals surface area contributed by atoms with Gasteiger partial charge in [-0.2, -0.15) is 0 Å². The summed E-state index contributed by atoms with van der Waals surface area (Å²) >= 11 is 0. The van der Waals surface area contributed by atoms with Crippen LogP contribution in [0.1, 0.15) is 20.8 Å². The molecule has 0 amide bonds. The molecule has 0 saturated carbocycles. The lowest BCUT2D eigenvalue weighted by Crippen LogP contribution is -2.10. The number of carbonyl (C=O) groups excluding carboxylic acids is 2. The second kappa shape index (κ2) is 4.31. The van der Waals surface area contributed by atoms with Gasteiger partial charge in [0, 0.05) is 0 Å². The Bertz CT molecular complexity index is 364. The Balaban J connectivity index is 3.32. The van der Waals surface area contributed by atoms with Crippen LogP contribution in [0.25, 0.3) is 0 Å². The third-order valence-electron chi connectivity index (χ3n) is 1.54. The number of hydrogen-bond donors (Lipinski definition) is 0. The summed E-state index contributed by atoms with van der Waals surface area (Å²) in [5.74, 6) is -0.682. The topological polar surface area (TPSA) is 78.4 Å². The third-order valence-corrected chi connectivity index (χ3v) is 1.54. The van der Waals surface area contributed by atoms with Gasteiger partial charge in [0.1, 0.15) is 12.0 Å². The largest absolute Gasteiger partial charge is 0.480 e. The number of hydrogen-bond acceptors (Lipinski definition) is 6. The predicted octanol–water partition coefficient (Wildman–Crippen LogP) is 0.0843. The molecular weight excluding hydrogens is 188 g/mol. The number of rotatable bonds is 3. The molecule has 0 saturated heterocycles. The van der Waals surface area contributed by atoms with Crippen molar-refractivity contribution in [2.45, 2.75) is 0 Å². The minimum Gasteiger partial charge on any atom is -0.480 e. The fraction of sp³-hybridized carbons (Fsp3) is 0.250. The molecule has 0 aromatic carbocycles. The Morgan fingerprint density at radius 2 is 2.14 bits per heavy atom. The van der Waals surface area contributed by atoms with Gasteiger partial charge in [-0.05, 0) is 0 Å². The van der Waals surface area contributed by atoms with Crippen LogP contribution in [0, 0.1) is 0 Å². The lowest BCUT2D eigenvalue weighted by atomic mass is 10.2. The van der Waals surface area contributed by atoms with E-state index in [0.717, 1.165) is 6.33 Å². The zero-order valence-corrected chi connectivity index (χ0v) is 7.68. The van der Waals surface area contributed by atoms with E-state index >= 15 is 0 Å². The molecule has 0 spiro atoms. The number of nitrogens with zero attached hydrogens (tertiary/aromatic N) is 2. The number of aldehydes is 1. The summed E-state index contributed by atoms with van der Waals surface area (Å²) in [7, 11) is 2.53. The van der Waals surface area contributed by atoms with Gasteiger partial charge in [0.25, 0.3) is 0 Å². The summed E-state index contributed by atoms with van der Waals surface area (Å²) in [4.78, 5) is 29.1. The highest BCUT2D eigenvalue weighted by atomic mass is 16.5. The second-order valence-electron chi connectivity index (χ2n) is 2.25. The Kier molecular flexibility index (Phi) is 3.11. The van der Waals surface area contributed by atoms with Crippen LogP contribution in [0.5, 0.6) is 5.88 Å². The molecule has 14 heavy (non-hydrogen) atoms. The van der Waals surface area contributed by atoms with Crippen LogP contribution in [0.3, 0.4) is 0 Å². The van der Waals surface area contributed by atoms with E-state index in [-0.39, 0.29) is 17.1 Å². The van der Waals surface area contributed by atoms with Gasteiger partial charge in [-0.25, -0.2) is 14.8 Å². The molecule has 0 fully saturated rings. The van der Waals surface area contributed by atoms with E-state index in [1.165, 1.54) is 14.2 Å². The first-order valence-corrected chi connectivity index (χ1v) is 3.67. The van der Waals surface area contributed by atoms with Crippen LogP contribution in [-0.4, -0.2) is 36.4 Å². The smallest absolute Gasteiger partial charge is 0.345 e. The Hall–Kier alpha value is -1.98. The molecule has 0 aliphatic rings. The van der Waals surface area contributed by atoms with Crippen LogP contribution in [0.2, 0.25) is 0 Å². The first kappa shape index (κ1) is 10.1. The average Bonchev–Trinajstić information content (AvgIpc) is 2.26. The van der Waals surface area contributed by atoms with Crippen molar-refractivity contribution >= 4 is 12.3 Å². The molecule has 6 nitrogen and oxygen atoms in total. The summed E-state index contributed by atoms with van der Waals surface area (Å²) in [6, 6.07) is 0. The maximum Gasteiger partial charge on any atom is 0.345 e. The minimum absolute atomic E-state index is 0.0222. The zero-order chi connectivity index (χ0) is 10.6. The zero-order valence-electron chi connectivity index (χ0n) is 7.68. The van der Waals surface area contributed by atoms with Gasteiger partial charge < -0.3 is 9.47 Å². The lowest BCUT2D eigenvalue weighted by molar-refractivity contribution is 0.0593. The van der Waals surface area contributed by atoms with Gasteiger partial charge in [-0.1, -0.05) is 0 Å². The van der Waals surface area contributed by atoms with Crippen LogP contribution in [0.4, 0.5) is 0 Å². The van der Waals surface area contributed by atoms with Crippen molar-refractivity contribution in [3.63, 3.8) is 0 Å². The van der Waals surface area contributed by atoms with Crippen LogP contribution >= 0.6 is 0 Å². The normalized spacial score (nSPS) is 9.29. The van der Waals surface area contributed by atoms with Gasteiger partial charge in [-0.3, -0.25) is 4.79 Å². The molecule has 1 rings (SSSR count). The molecule has 1 aromatic heterocycles. The molecule has 74 valence electrons. The summed E-state index contributed by atoms with van der Waals surface area (Å²) in [5, 5.41) is 0. The van der Waals surface area contributed by atoms with Crippen LogP contribution in [-0.2, 0) is 4.74 Å². The molecule has 1 aromatic rings. The van der Waals surface area contributed by atoms with Crippen LogP contribution in [0.15, 0.2) is 6.33 Å². The first-order chi connectivity index (χ1) is 6.74. The third kappa shape index (κ3) is 1.68. The fourth-order valence-electron chi connectivity index (χ4n) is 0.920. The minimum atomic E-state index is -0.704. The van der Waals surface area contributed by atoms with Gasteiger partial charge in [0.2, 0.25) is 5.88 Å². The molecule has 6 heteroatoms. The van der Waals surface area contributed by atoms with Crippen molar-refractivity contribution in [1.82, 2.24) is 9.97 Å². The average molecular weight is 196 g/mol. The predicted molar refractivity (Wildman–Crippen MR) is 45.3 cm³/mol. The fourth-order valence-corrected chi connectivity index (χ4v) is 0.920. The van der Waals surface area contributed by atoms with Crippen molar-refractivity contribution in [1.29, 1.82) is 0 Å². The summed E-state index contributed by atoms with van der Waals surface area (Å²) in [6.45, 7) is 0. The highest BCUT2D eigenvalue weighted by molar-refractivity contribution is 5.98. The standard InChI is InChI=1S/C8H8N2O4/c1-13-7-6(8(12)14-2)5(3-11)9-4-10-7/h3-4H,1-2H3. The Morgan fingerprint density at radius 1 is 1.43 bits per heavy atom. The van der Waals surface area contributed by atoms with Crippen molar-refractivity contribution in [3.05, 3.63) is 17.6 Å². The van der Waals surface area contributed by atoms with E-state index in [0.29, 0.717) is 6.29 Å². The van der Waals surface area contributed by atoms with Crippen LogP contribution < -0.4 is 4.74 Å². The molecule has 0 unspecified atom stereocenters. The number of carbonyl (C=O) groups is 2. The number of aromatic nitrogens is 2. The first-order valence-electron chi connectivity index (χ1n) is 3.67. The molecule has 0 atom stereocenters. The van der Waals surface area contributed by atoms with Gasteiger partial charge in [-0.15, -0.1) is 0 Å². The summed E-state index contributed by atoms with van der Waals surface area (Å²) in [6.07, 6.45) is 1.57. The molecule has 0 aliphatic carbocycles. The van der Waals surface area contributed by atoms with Crippen molar-refractivity contribution in [3.8, 4) is 5.88 Å².